The van der Waals surface area contributed by atoms with E-state index in [1.807, 2.05) is 18.2 Å². The molecular weight excluding hydrogens is 217 g/mol. The second kappa shape index (κ2) is 4.32. The summed E-state index contributed by atoms with van der Waals surface area (Å²) in [6, 6.07) is 7.44. The topological polar surface area (TPSA) is 22.0 Å². The molecule has 0 fully saturated rings. The van der Waals surface area contributed by atoms with E-state index in [2.05, 4.69) is 13.8 Å². The van der Waals surface area contributed by atoms with Gasteiger partial charge in [-0.2, -0.15) is 0 Å². The molecule has 1 unspecified atom stereocenters. The lowest BCUT2D eigenvalue weighted by Crippen LogP contribution is -2.20. The number of hydrogen-bond acceptors (Lipinski definition) is 1. The van der Waals surface area contributed by atoms with Crippen LogP contribution in [0.5, 0.6) is 0 Å². The van der Waals surface area contributed by atoms with E-state index in [1.165, 1.54) is 13.1 Å². The van der Waals surface area contributed by atoms with Gasteiger partial charge in [0.1, 0.15) is 0 Å². The number of hydrogen-bond donors (Lipinski definition) is 0. The van der Waals surface area contributed by atoms with Gasteiger partial charge in [-0.3, -0.25) is 9.36 Å². The van der Waals surface area contributed by atoms with Crippen molar-refractivity contribution in [2.45, 2.75) is 33.0 Å². The van der Waals surface area contributed by atoms with E-state index in [-0.39, 0.29) is 5.56 Å². The third-order valence-corrected chi connectivity index (χ3v) is 3.01. The van der Waals surface area contributed by atoms with Gasteiger partial charge in [0.05, 0.1) is 0 Å². The molecule has 90 valence electrons. The molecule has 0 aliphatic heterocycles. The van der Waals surface area contributed by atoms with Crippen molar-refractivity contribution < 1.29 is 4.39 Å². The van der Waals surface area contributed by atoms with Crippen LogP contribution in [0.3, 0.4) is 0 Å². The van der Waals surface area contributed by atoms with Crippen molar-refractivity contribution in [3.05, 3.63) is 46.4 Å². The van der Waals surface area contributed by atoms with Crippen molar-refractivity contribution in [2.75, 3.05) is 0 Å². The summed E-state index contributed by atoms with van der Waals surface area (Å²) >= 11 is 0. The van der Waals surface area contributed by atoms with Gasteiger partial charge in [-0.25, -0.2) is 4.39 Å². The van der Waals surface area contributed by atoms with Gasteiger partial charge in [0, 0.05) is 11.6 Å². The average molecular weight is 233 g/mol. The average Bonchev–Trinajstić information content (AvgIpc) is 2.28. The highest BCUT2D eigenvalue weighted by molar-refractivity contribution is 5.85. The first-order chi connectivity index (χ1) is 8.02. The van der Waals surface area contributed by atoms with Gasteiger partial charge in [0.15, 0.2) is 6.30 Å². The number of aromatic nitrogens is 1. The summed E-state index contributed by atoms with van der Waals surface area (Å²) < 4.78 is 14.4. The molecule has 17 heavy (non-hydrogen) atoms. The van der Waals surface area contributed by atoms with E-state index in [1.54, 1.807) is 6.07 Å². The molecule has 2 aromatic rings. The number of alkyl halides is 1. The smallest absolute Gasteiger partial charge is 0.260 e. The largest absolute Gasteiger partial charge is 0.284 e. The zero-order valence-electron chi connectivity index (χ0n) is 10.3. The van der Waals surface area contributed by atoms with Gasteiger partial charge >= 0.3 is 0 Å². The zero-order chi connectivity index (χ0) is 12.6. The highest BCUT2D eigenvalue weighted by Gasteiger charge is 2.10. The predicted octanol–water partition coefficient (Wildman–Crippen LogP) is 3.61. The number of rotatable bonds is 2. The van der Waals surface area contributed by atoms with Crippen LogP contribution in [0.25, 0.3) is 10.8 Å². The minimum Gasteiger partial charge on any atom is -0.284 e. The Balaban J connectivity index is 2.81. The standard InChI is InChI=1S/C14H16FNO/c1-9(2)11-5-4-6-13-12(11)7-8-16(10(3)15)14(13)17/h4-10H,1-3H3. The lowest BCUT2D eigenvalue weighted by molar-refractivity contribution is 0.262. The van der Waals surface area contributed by atoms with Crippen LogP contribution in [0.15, 0.2) is 35.3 Å². The fourth-order valence-corrected chi connectivity index (χ4v) is 2.10. The summed E-state index contributed by atoms with van der Waals surface area (Å²) in [4.78, 5) is 12.1. The van der Waals surface area contributed by atoms with Crippen molar-refractivity contribution in [2.24, 2.45) is 0 Å². The summed E-state index contributed by atoms with van der Waals surface area (Å²) in [5, 5.41) is 1.51. The number of nitrogens with zero attached hydrogens (tertiary/aromatic N) is 1. The van der Waals surface area contributed by atoms with Gasteiger partial charge in [-0.1, -0.05) is 26.0 Å². The first kappa shape index (κ1) is 11.8. The number of pyridine rings is 1. The van der Waals surface area contributed by atoms with Crippen molar-refractivity contribution in [1.29, 1.82) is 0 Å². The first-order valence-corrected chi connectivity index (χ1v) is 5.80. The summed E-state index contributed by atoms with van der Waals surface area (Å²) in [5.41, 5.74) is 0.860. The molecule has 1 atom stereocenters. The molecule has 0 radical (unpaired) electrons. The third-order valence-electron chi connectivity index (χ3n) is 3.01. The molecule has 1 aromatic carbocycles. The maximum absolute atomic E-state index is 13.2. The van der Waals surface area contributed by atoms with E-state index in [0.29, 0.717) is 11.3 Å². The molecule has 0 spiro atoms. The first-order valence-electron chi connectivity index (χ1n) is 5.80. The Hall–Kier alpha value is -1.64. The molecule has 0 saturated carbocycles. The number of halogens is 1. The zero-order valence-corrected chi connectivity index (χ0v) is 10.3. The molecule has 2 rings (SSSR count). The summed E-state index contributed by atoms with van der Waals surface area (Å²) in [6.07, 6.45) is 0.232. The Kier molecular flexibility index (Phi) is 3.01. The lowest BCUT2D eigenvalue weighted by atomic mass is 9.97. The van der Waals surface area contributed by atoms with Crippen LogP contribution in [0.4, 0.5) is 4.39 Å². The van der Waals surface area contributed by atoms with Gasteiger partial charge in [0.25, 0.3) is 5.56 Å². The molecule has 0 bridgehead atoms. The van der Waals surface area contributed by atoms with E-state index in [9.17, 15) is 9.18 Å². The van der Waals surface area contributed by atoms with Crippen LogP contribution in [-0.4, -0.2) is 4.57 Å². The predicted molar refractivity (Wildman–Crippen MR) is 68.1 cm³/mol. The molecule has 1 heterocycles. The molecule has 0 N–H and O–H groups in total. The van der Waals surface area contributed by atoms with Crippen LogP contribution in [0.1, 0.15) is 38.5 Å². The van der Waals surface area contributed by atoms with Crippen LogP contribution in [0.2, 0.25) is 0 Å². The van der Waals surface area contributed by atoms with Gasteiger partial charge in [-0.15, -0.1) is 0 Å². The quantitative estimate of drug-likeness (QED) is 0.776. The lowest BCUT2D eigenvalue weighted by Gasteiger charge is -2.12. The highest BCUT2D eigenvalue weighted by atomic mass is 19.1. The molecule has 2 nitrogen and oxygen atoms in total. The molecule has 1 aromatic heterocycles. The van der Waals surface area contributed by atoms with Gasteiger partial charge in [0.2, 0.25) is 0 Å². The van der Waals surface area contributed by atoms with E-state index >= 15 is 0 Å². The Morgan fingerprint density at radius 1 is 1.12 bits per heavy atom. The third kappa shape index (κ3) is 1.97. The van der Waals surface area contributed by atoms with E-state index < -0.39 is 6.30 Å². The van der Waals surface area contributed by atoms with Gasteiger partial charge in [-0.05, 0) is 35.9 Å². The van der Waals surface area contributed by atoms with Crippen molar-refractivity contribution >= 4 is 10.8 Å². The van der Waals surface area contributed by atoms with E-state index in [0.717, 1.165) is 15.5 Å². The van der Waals surface area contributed by atoms with Crippen LogP contribution in [0, 0.1) is 0 Å². The maximum Gasteiger partial charge on any atom is 0.260 e. The Labute approximate surface area is 99.7 Å². The second-order valence-corrected chi connectivity index (χ2v) is 4.57. The number of fused-ring (bicyclic) bond motifs is 1. The van der Waals surface area contributed by atoms with Crippen molar-refractivity contribution in [1.82, 2.24) is 4.57 Å². The normalized spacial score (nSPS) is 13.2. The monoisotopic (exact) mass is 233 g/mol. The fraction of sp³-hybridized carbons (Fsp3) is 0.357. The van der Waals surface area contributed by atoms with Crippen molar-refractivity contribution in [3.8, 4) is 0 Å². The molecule has 0 aliphatic rings. The van der Waals surface area contributed by atoms with Crippen LogP contribution in [-0.2, 0) is 0 Å². The minimum absolute atomic E-state index is 0.264. The molecule has 0 saturated heterocycles. The maximum atomic E-state index is 13.2. The Morgan fingerprint density at radius 2 is 1.82 bits per heavy atom. The molecule has 3 heteroatoms. The Bertz CT molecular complexity index is 599. The van der Waals surface area contributed by atoms with Crippen LogP contribution >= 0.6 is 0 Å². The van der Waals surface area contributed by atoms with E-state index in [4.69, 9.17) is 0 Å². The molecular formula is C14H16FNO. The summed E-state index contributed by atoms with van der Waals surface area (Å²) in [7, 11) is 0. The Morgan fingerprint density at radius 3 is 2.41 bits per heavy atom. The highest BCUT2D eigenvalue weighted by Crippen LogP contribution is 2.23. The summed E-state index contributed by atoms with van der Waals surface area (Å²) in [5.74, 6) is 0.344. The second-order valence-electron chi connectivity index (χ2n) is 4.57. The minimum atomic E-state index is -1.30. The van der Waals surface area contributed by atoms with Gasteiger partial charge < -0.3 is 0 Å². The summed E-state index contributed by atoms with van der Waals surface area (Å²) in [6.45, 7) is 5.52. The SMILES string of the molecule is CC(C)c1cccc2c(=O)n(C(C)F)ccc12. The molecule has 0 aliphatic carbocycles. The fourth-order valence-electron chi connectivity index (χ4n) is 2.10. The van der Waals surface area contributed by atoms with Crippen molar-refractivity contribution in [3.63, 3.8) is 0 Å². The number of benzene rings is 1. The van der Waals surface area contributed by atoms with Crippen LogP contribution < -0.4 is 5.56 Å². The molecule has 0 amide bonds.